The van der Waals surface area contributed by atoms with Crippen LogP contribution in [0.5, 0.6) is 5.75 Å². The van der Waals surface area contributed by atoms with Crippen LogP contribution < -0.4 is 15.0 Å². The number of nitro groups is 1. The molecule has 2 atom stereocenters. The van der Waals surface area contributed by atoms with Crippen molar-refractivity contribution in [2.24, 2.45) is 5.92 Å². The van der Waals surface area contributed by atoms with Crippen LogP contribution in [0.3, 0.4) is 0 Å². The molecule has 2 unspecified atom stereocenters. The lowest BCUT2D eigenvalue weighted by Gasteiger charge is -2.38. The molecule has 2 amide bonds. The Morgan fingerprint density at radius 1 is 1.16 bits per heavy atom. The number of ether oxygens (including phenoxy) is 1. The number of nitro benzene ring substituents is 1. The summed E-state index contributed by atoms with van der Waals surface area (Å²) < 4.78 is 5.82. The SMILES string of the molecule is CCc1cccc(CC)c1NC(=O)C(C)N1C(=O)C(C(C)C)Oc2cc([N+](=O)[O-])ccc21. The van der Waals surface area contributed by atoms with Crippen molar-refractivity contribution in [2.45, 2.75) is 59.6 Å². The van der Waals surface area contributed by atoms with Crippen molar-refractivity contribution in [1.29, 1.82) is 0 Å². The van der Waals surface area contributed by atoms with E-state index in [1.807, 2.05) is 45.9 Å². The number of fused-ring (bicyclic) bond motifs is 1. The van der Waals surface area contributed by atoms with Crippen molar-refractivity contribution in [3.8, 4) is 5.75 Å². The second-order valence-electron chi connectivity index (χ2n) is 8.22. The number of para-hydroxylation sites is 1. The highest BCUT2D eigenvalue weighted by Crippen LogP contribution is 2.39. The van der Waals surface area contributed by atoms with E-state index in [9.17, 15) is 19.7 Å². The highest BCUT2D eigenvalue weighted by molar-refractivity contribution is 6.08. The van der Waals surface area contributed by atoms with E-state index in [0.29, 0.717) is 5.69 Å². The molecule has 1 heterocycles. The first kappa shape index (κ1) is 23.2. The number of carbonyl (C=O) groups excluding carboxylic acids is 2. The van der Waals surface area contributed by atoms with Gasteiger partial charge in [-0.05, 0) is 42.9 Å². The highest BCUT2D eigenvalue weighted by atomic mass is 16.6. The third-order valence-electron chi connectivity index (χ3n) is 5.77. The van der Waals surface area contributed by atoms with Crippen molar-refractivity contribution in [3.63, 3.8) is 0 Å². The van der Waals surface area contributed by atoms with Crippen molar-refractivity contribution in [2.75, 3.05) is 10.2 Å². The molecule has 0 saturated heterocycles. The van der Waals surface area contributed by atoms with Gasteiger partial charge in [0.25, 0.3) is 11.6 Å². The number of carbonyl (C=O) groups is 2. The Bertz CT molecular complexity index is 1030. The average Bonchev–Trinajstić information content (AvgIpc) is 2.77. The lowest BCUT2D eigenvalue weighted by atomic mass is 10.0. The molecule has 0 radical (unpaired) electrons. The van der Waals surface area contributed by atoms with Gasteiger partial charge in [-0.1, -0.05) is 45.9 Å². The summed E-state index contributed by atoms with van der Waals surface area (Å²) >= 11 is 0. The molecule has 1 N–H and O–H groups in total. The Morgan fingerprint density at radius 3 is 2.31 bits per heavy atom. The summed E-state index contributed by atoms with van der Waals surface area (Å²) in [5.74, 6) is -0.633. The summed E-state index contributed by atoms with van der Waals surface area (Å²) in [4.78, 5) is 38.7. The Morgan fingerprint density at radius 2 is 1.78 bits per heavy atom. The van der Waals surface area contributed by atoms with Gasteiger partial charge in [-0.3, -0.25) is 24.6 Å². The predicted molar refractivity (Wildman–Crippen MR) is 123 cm³/mol. The summed E-state index contributed by atoms with van der Waals surface area (Å²) in [5.41, 5.74) is 3.03. The fraction of sp³-hybridized carbons (Fsp3) is 0.417. The van der Waals surface area contributed by atoms with Crippen molar-refractivity contribution in [1.82, 2.24) is 0 Å². The Kier molecular flexibility index (Phi) is 6.81. The van der Waals surface area contributed by atoms with E-state index in [4.69, 9.17) is 4.74 Å². The zero-order valence-corrected chi connectivity index (χ0v) is 19.0. The Labute approximate surface area is 187 Å². The number of nitrogens with zero attached hydrogens (tertiary/aromatic N) is 2. The Hall–Kier alpha value is -3.42. The van der Waals surface area contributed by atoms with E-state index in [2.05, 4.69) is 5.32 Å². The fourth-order valence-corrected chi connectivity index (χ4v) is 3.92. The number of non-ortho nitro benzene ring substituents is 1. The molecule has 0 bridgehead atoms. The van der Waals surface area contributed by atoms with Crippen LogP contribution in [0.15, 0.2) is 36.4 Å². The van der Waals surface area contributed by atoms with Gasteiger partial charge in [-0.25, -0.2) is 0 Å². The minimum atomic E-state index is -0.845. The maximum Gasteiger partial charge on any atom is 0.273 e. The van der Waals surface area contributed by atoms with Crippen LogP contribution in [0, 0.1) is 16.0 Å². The third-order valence-corrected chi connectivity index (χ3v) is 5.77. The van der Waals surface area contributed by atoms with E-state index in [1.54, 1.807) is 6.92 Å². The van der Waals surface area contributed by atoms with Gasteiger partial charge < -0.3 is 10.1 Å². The van der Waals surface area contributed by atoms with Crippen molar-refractivity contribution in [3.05, 3.63) is 57.6 Å². The van der Waals surface area contributed by atoms with Crippen LogP contribution in [0.25, 0.3) is 0 Å². The smallest absolute Gasteiger partial charge is 0.273 e. The summed E-state index contributed by atoms with van der Waals surface area (Å²) in [6.07, 6.45) is 0.681. The van der Waals surface area contributed by atoms with Crippen LogP contribution in [-0.2, 0) is 22.4 Å². The van der Waals surface area contributed by atoms with Crippen LogP contribution in [0.4, 0.5) is 17.1 Å². The maximum absolute atomic E-state index is 13.3. The molecule has 0 spiro atoms. The molecule has 1 aliphatic rings. The minimum absolute atomic E-state index is 0.137. The van der Waals surface area contributed by atoms with Gasteiger partial charge in [0.1, 0.15) is 6.04 Å². The van der Waals surface area contributed by atoms with Gasteiger partial charge in [0, 0.05) is 11.8 Å². The maximum atomic E-state index is 13.3. The van der Waals surface area contributed by atoms with Crippen LogP contribution in [-0.4, -0.2) is 28.9 Å². The number of hydrogen-bond donors (Lipinski definition) is 1. The zero-order valence-electron chi connectivity index (χ0n) is 19.0. The molecule has 8 heteroatoms. The standard InChI is InChI=1S/C24H29N3O5/c1-6-16-9-8-10-17(7-2)21(16)25-23(28)15(5)26-19-12-11-18(27(30)31)13-20(19)32-22(14(3)4)24(26)29/h8-15,22H,6-7H2,1-5H3,(H,25,28). The first-order chi connectivity index (χ1) is 15.2. The van der Waals surface area contributed by atoms with E-state index in [0.717, 1.165) is 29.7 Å². The van der Waals surface area contributed by atoms with Gasteiger partial charge in [0.2, 0.25) is 5.91 Å². The molecule has 0 fully saturated rings. The number of nitrogens with one attached hydrogen (secondary N) is 1. The normalized spacial score (nSPS) is 16.4. The molecule has 3 rings (SSSR count). The number of aryl methyl sites for hydroxylation is 2. The summed E-state index contributed by atoms with van der Waals surface area (Å²) in [6, 6.07) is 9.15. The molecule has 32 heavy (non-hydrogen) atoms. The Balaban J connectivity index is 1.99. The molecular formula is C24H29N3O5. The second-order valence-corrected chi connectivity index (χ2v) is 8.22. The zero-order chi connectivity index (χ0) is 23.6. The molecule has 0 aliphatic carbocycles. The lowest BCUT2D eigenvalue weighted by Crippen LogP contribution is -2.55. The van der Waals surface area contributed by atoms with Crippen LogP contribution in [0.1, 0.15) is 45.7 Å². The molecular weight excluding hydrogens is 410 g/mol. The topological polar surface area (TPSA) is 102 Å². The highest BCUT2D eigenvalue weighted by Gasteiger charge is 2.41. The van der Waals surface area contributed by atoms with Gasteiger partial charge in [-0.15, -0.1) is 0 Å². The van der Waals surface area contributed by atoms with Gasteiger partial charge in [-0.2, -0.15) is 0 Å². The van der Waals surface area contributed by atoms with E-state index in [1.165, 1.54) is 23.1 Å². The van der Waals surface area contributed by atoms with E-state index >= 15 is 0 Å². The van der Waals surface area contributed by atoms with E-state index in [-0.39, 0.29) is 29.2 Å². The number of anilines is 2. The predicted octanol–water partition coefficient (Wildman–Crippen LogP) is 4.50. The molecule has 2 aromatic rings. The summed E-state index contributed by atoms with van der Waals surface area (Å²) in [7, 11) is 0. The third kappa shape index (κ3) is 4.30. The average molecular weight is 440 g/mol. The summed E-state index contributed by atoms with van der Waals surface area (Å²) in [6.45, 7) is 9.37. The quantitative estimate of drug-likeness (QED) is 0.506. The molecule has 2 aromatic carbocycles. The second kappa shape index (κ2) is 9.38. The molecule has 8 nitrogen and oxygen atoms in total. The van der Waals surface area contributed by atoms with Gasteiger partial charge >= 0.3 is 0 Å². The largest absolute Gasteiger partial charge is 0.478 e. The van der Waals surface area contributed by atoms with Gasteiger partial charge in [0.15, 0.2) is 11.9 Å². The molecule has 0 saturated carbocycles. The lowest BCUT2D eigenvalue weighted by molar-refractivity contribution is -0.384. The van der Waals surface area contributed by atoms with Gasteiger partial charge in [0.05, 0.1) is 16.7 Å². The van der Waals surface area contributed by atoms with Crippen LogP contribution in [0.2, 0.25) is 0 Å². The minimum Gasteiger partial charge on any atom is -0.478 e. The van der Waals surface area contributed by atoms with Crippen molar-refractivity contribution < 1.29 is 19.2 Å². The van der Waals surface area contributed by atoms with Crippen LogP contribution >= 0.6 is 0 Å². The first-order valence-corrected chi connectivity index (χ1v) is 10.9. The van der Waals surface area contributed by atoms with Crippen molar-refractivity contribution >= 4 is 28.9 Å². The molecule has 1 aliphatic heterocycles. The monoisotopic (exact) mass is 439 g/mol. The fourth-order valence-electron chi connectivity index (χ4n) is 3.92. The number of hydrogen-bond acceptors (Lipinski definition) is 5. The molecule has 0 aromatic heterocycles. The molecule has 170 valence electrons. The number of benzene rings is 2. The van der Waals surface area contributed by atoms with E-state index < -0.39 is 17.1 Å². The number of amides is 2. The first-order valence-electron chi connectivity index (χ1n) is 10.9. The summed E-state index contributed by atoms with van der Waals surface area (Å²) in [5, 5.41) is 14.2. The number of rotatable bonds is 7.